The zero-order chi connectivity index (χ0) is 20.0. The Bertz CT molecular complexity index is 1030. The average Bonchev–Trinajstić information content (AvgIpc) is 3.40. The first-order valence-corrected chi connectivity index (χ1v) is 8.34. The molecule has 4 heterocycles. The van der Waals surface area contributed by atoms with E-state index < -0.39 is 31.1 Å². The van der Waals surface area contributed by atoms with Gasteiger partial charge in [0.2, 0.25) is 0 Å². The molecule has 1 amide bonds. The van der Waals surface area contributed by atoms with Crippen LogP contribution in [0.1, 0.15) is 16.6 Å². The van der Waals surface area contributed by atoms with Crippen LogP contribution in [-0.2, 0) is 4.74 Å². The molecule has 1 fully saturated rings. The lowest BCUT2D eigenvalue weighted by atomic mass is 10.1. The molecule has 0 aromatic carbocycles. The second-order valence-electron chi connectivity index (χ2n) is 6.21. The molecule has 2 unspecified atom stereocenters. The van der Waals surface area contributed by atoms with Gasteiger partial charge in [0, 0.05) is 13.2 Å². The fraction of sp³-hybridized carbons (Fsp3) is 0.400. The van der Waals surface area contributed by atoms with Gasteiger partial charge in [0.15, 0.2) is 17.7 Å². The predicted octanol–water partition coefficient (Wildman–Crippen LogP) is -2.43. The summed E-state index contributed by atoms with van der Waals surface area (Å²) < 4.78 is 8.18. The Morgan fingerprint density at radius 1 is 1.36 bits per heavy atom. The number of hydrogen-bond donors (Lipinski definition) is 5. The number of carbonyl (C=O) groups excluding carboxylic acids is 1. The zero-order valence-electron chi connectivity index (χ0n) is 14.7. The van der Waals surface area contributed by atoms with Crippen LogP contribution in [0, 0.1) is 0 Å². The third-order valence-electron chi connectivity index (χ3n) is 4.50. The Labute approximate surface area is 157 Å². The van der Waals surface area contributed by atoms with Crippen LogP contribution in [0.3, 0.4) is 0 Å². The van der Waals surface area contributed by atoms with Gasteiger partial charge < -0.3 is 31.1 Å². The van der Waals surface area contributed by atoms with Gasteiger partial charge in [0.1, 0.15) is 23.8 Å². The van der Waals surface area contributed by atoms with Gasteiger partial charge in [0.05, 0.1) is 24.7 Å². The van der Waals surface area contributed by atoms with Gasteiger partial charge in [-0.15, -0.1) is 0 Å². The number of anilines is 1. The van der Waals surface area contributed by atoms with Crippen LogP contribution in [0.15, 0.2) is 18.7 Å². The van der Waals surface area contributed by atoms with Gasteiger partial charge in [-0.1, -0.05) is 0 Å². The minimum Gasteiger partial charge on any atom is -0.394 e. The van der Waals surface area contributed by atoms with Crippen LogP contribution < -0.4 is 11.1 Å². The maximum atomic E-state index is 11.7. The van der Waals surface area contributed by atoms with Crippen LogP contribution in [0.2, 0.25) is 0 Å². The van der Waals surface area contributed by atoms with Crippen LogP contribution >= 0.6 is 0 Å². The first kappa shape index (κ1) is 18.2. The van der Waals surface area contributed by atoms with Crippen LogP contribution in [0.25, 0.3) is 17.1 Å². The van der Waals surface area contributed by atoms with E-state index in [1.54, 1.807) is 0 Å². The standard InChI is InChI=1S/C15H18N8O5/c1-17-13(27)6-2-19-23(3-6)15-20-11(16)8-12(21-15)22(5-18-8)14-10(26)9(25)7(4-24)28-14/h2-3,5,7,9-10,14,24-26H,4H2,1H3,(H,17,27)(H2,16,20,21)/t7-,9?,10?,14-/m1/s1. The highest BCUT2D eigenvalue weighted by atomic mass is 16.6. The van der Waals surface area contributed by atoms with Crippen molar-refractivity contribution in [3.8, 4) is 5.95 Å². The largest absolute Gasteiger partial charge is 0.394 e. The Balaban J connectivity index is 1.77. The SMILES string of the molecule is CNC(=O)c1cnn(-c2nc(N)c3ncn([C@@H]4O[C@H](CO)C(O)C4O)c3n2)c1. The van der Waals surface area contributed by atoms with Crippen molar-refractivity contribution in [2.75, 3.05) is 19.4 Å². The number of nitrogens with two attached hydrogens (primary N) is 1. The Morgan fingerprint density at radius 2 is 2.14 bits per heavy atom. The maximum absolute atomic E-state index is 11.7. The molecule has 1 aliphatic rings. The summed E-state index contributed by atoms with van der Waals surface area (Å²) in [5.41, 5.74) is 6.78. The highest BCUT2D eigenvalue weighted by molar-refractivity contribution is 5.93. The minimum atomic E-state index is -1.31. The van der Waals surface area contributed by atoms with Gasteiger partial charge in [-0.05, 0) is 0 Å². The van der Waals surface area contributed by atoms with Crippen molar-refractivity contribution in [3.63, 3.8) is 0 Å². The van der Waals surface area contributed by atoms with Crippen molar-refractivity contribution < 1.29 is 24.9 Å². The van der Waals surface area contributed by atoms with Crippen molar-refractivity contribution in [2.24, 2.45) is 0 Å². The number of aliphatic hydroxyl groups is 3. The summed E-state index contributed by atoms with van der Waals surface area (Å²) in [6, 6.07) is 0. The third-order valence-corrected chi connectivity index (χ3v) is 4.50. The lowest BCUT2D eigenvalue weighted by molar-refractivity contribution is -0.0511. The van der Waals surface area contributed by atoms with Crippen molar-refractivity contribution in [3.05, 3.63) is 24.3 Å². The second kappa shape index (κ2) is 6.79. The number of hydrogen-bond acceptors (Lipinski definition) is 10. The summed E-state index contributed by atoms with van der Waals surface area (Å²) in [5.74, 6) is -0.187. The van der Waals surface area contributed by atoms with Gasteiger partial charge in [-0.2, -0.15) is 15.1 Å². The van der Waals surface area contributed by atoms with E-state index in [2.05, 4.69) is 25.4 Å². The Kier molecular flexibility index (Phi) is 4.43. The molecular weight excluding hydrogens is 372 g/mol. The number of fused-ring (bicyclic) bond motifs is 1. The van der Waals surface area contributed by atoms with E-state index in [1.807, 2.05) is 0 Å². The van der Waals surface area contributed by atoms with Crippen molar-refractivity contribution in [2.45, 2.75) is 24.5 Å². The van der Waals surface area contributed by atoms with Crippen LogP contribution in [0.5, 0.6) is 0 Å². The molecule has 13 nitrogen and oxygen atoms in total. The minimum absolute atomic E-state index is 0.0579. The lowest BCUT2D eigenvalue weighted by Crippen LogP contribution is -2.33. The summed E-state index contributed by atoms with van der Waals surface area (Å²) in [4.78, 5) is 24.4. The number of imidazole rings is 1. The molecule has 0 spiro atoms. The van der Waals surface area contributed by atoms with E-state index in [-0.39, 0.29) is 28.8 Å². The average molecular weight is 390 g/mol. The lowest BCUT2D eigenvalue weighted by Gasteiger charge is -2.16. The van der Waals surface area contributed by atoms with Gasteiger partial charge in [-0.3, -0.25) is 9.36 Å². The molecule has 0 bridgehead atoms. The number of nitrogen functional groups attached to an aromatic ring is 1. The molecule has 148 valence electrons. The molecule has 13 heteroatoms. The summed E-state index contributed by atoms with van der Waals surface area (Å²) in [7, 11) is 1.50. The molecule has 0 aliphatic carbocycles. The van der Waals surface area contributed by atoms with Gasteiger partial charge in [0.25, 0.3) is 11.9 Å². The first-order valence-electron chi connectivity index (χ1n) is 8.34. The predicted molar refractivity (Wildman–Crippen MR) is 93.3 cm³/mol. The monoisotopic (exact) mass is 390 g/mol. The van der Waals surface area contributed by atoms with E-state index in [1.165, 1.54) is 35.0 Å². The number of amides is 1. The number of aliphatic hydroxyl groups excluding tert-OH is 3. The molecule has 0 radical (unpaired) electrons. The van der Waals surface area contributed by atoms with Crippen molar-refractivity contribution in [1.29, 1.82) is 0 Å². The zero-order valence-corrected chi connectivity index (χ0v) is 14.7. The topological polar surface area (TPSA) is 186 Å². The number of rotatable bonds is 4. The number of aromatic nitrogens is 6. The first-order chi connectivity index (χ1) is 13.4. The van der Waals surface area contributed by atoms with E-state index in [0.29, 0.717) is 5.56 Å². The summed E-state index contributed by atoms with van der Waals surface area (Å²) in [5, 5.41) is 36.1. The second-order valence-corrected chi connectivity index (χ2v) is 6.21. The molecule has 1 saturated heterocycles. The summed E-state index contributed by atoms with van der Waals surface area (Å²) in [6.07, 6.45) is -0.418. The van der Waals surface area contributed by atoms with E-state index in [0.717, 1.165) is 0 Å². The fourth-order valence-electron chi connectivity index (χ4n) is 3.02. The Hall–Kier alpha value is -3.13. The number of carbonyl (C=O) groups is 1. The number of ether oxygens (including phenoxy) is 1. The smallest absolute Gasteiger partial charge is 0.254 e. The number of nitrogens with zero attached hydrogens (tertiary/aromatic N) is 6. The Morgan fingerprint density at radius 3 is 2.82 bits per heavy atom. The maximum Gasteiger partial charge on any atom is 0.254 e. The molecule has 6 N–H and O–H groups in total. The fourth-order valence-corrected chi connectivity index (χ4v) is 3.02. The summed E-state index contributed by atoms with van der Waals surface area (Å²) in [6.45, 7) is -0.459. The normalized spacial score (nSPS) is 24.7. The molecule has 4 rings (SSSR count). The quantitative estimate of drug-likeness (QED) is 0.320. The van der Waals surface area contributed by atoms with Crippen LogP contribution in [-0.4, -0.2) is 82.5 Å². The molecule has 3 aromatic rings. The molecule has 28 heavy (non-hydrogen) atoms. The van der Waals surface area contributed by atoms with Gasteiger partial charge in [-0.25, -0.2) is 9.67 Å². The molecule has 0 saturated carbocycles. The van der Waals surface area contributed by atoms with E-state index in [4.69, 9.17) is 10.5 Å². The van der Waals surface area contributed by atoms with Crippen molar-refractivity contribution in [1.82, 2.24) is 34.6 Å². The van der Waals surface area contributed by atoms with Crippen molar-refractivity contribution >= 4 is 22.9 Å². The highest BCUT2D eigenvalue weighted by Gasteiger charge is 2.44. The third kappa shape index (κ3) is 2.77. The van der Waals surface area contributed by atoms with Gasteiger partial charge >= 0.3 is 0 Å². The van der Waals surface area contributed by atoms with E-state index in [9.17, 15) is 20.1 Å². The molecule has 4 atom stereocenters. The van der Waals surface area contributed by atoms with E-state index >= 15 is 0 Å². The number of nitrogens with one attached hydrogen (secondary N) is 1. The van der Waals surface area contributed by atoms with Crippen LogP contribution in [0.4, 0.5) is 5.82 Å². The molecular formula is C15H18N8O5. The highest BCUT2D eigenvalue weighted by Crippen LogP contribution is 2.32. The molecule has 1 aliphatic heterocycles. The summed E-state index contributed by atoms with van der Waals surface area (Å²) >= 11 is 0. The molecule has 3 aromatic heterocycles.